The molecule has 0 aliphatic carbocycles. The molecular weight excluding hydrogens is 418 g/mol. The van der Waals surface area contributed by atoms with Crippen LogP contribution in [-0.4, -0.2) is 36.3 Å². The van der Waals surface area contributed by atoms with E-state index < -0.39 is 0 Å². The van der Waals surface area contributed by atoms with Crippen LogP contribution in [0.5, 0.6) is 0 Å². The van der Waals surface area contributed by atoms with E-state index in [2.05, 4.69) is 33.2 Å². The van der Waals surface area contributed by atoms with Crippen molar-refractivity contribution < 1.29 is 4.79 Å². The second-order valence-electron chi connectivity index (χ2n) is 7.55. The maximum absolute atomic E-state index is 13.2. The van der Waals surface area contributed by atoms with E-state index >= 15 is 0 Å². The third kappa shape index (κ3) is 3.61. The summed E-state index contributed by atoms with van der Waals surface area (Å²) >= 11 is 1.40. The number of aromatic amines is 1. The monoisotopic (exact) mass is 439 g/mol. The molecule has 0 atom stereocenters. The first-order valence-corrected chi connectivity index (χ1v) is 11.3. The zero-order chi connectivity index (χ0) is 22.1. The minimum Gasteiger partial charge on any atom is -0.358 e. The van der Waals surface area contributed by atoms with Gasteiger partial charge in [0, 0.05) is 40.1 Å². The van der Waals surface area contributed by atoms with Gasteiger partial charge in [-0.1, -0.05) is 48.2 Å². The van der Waals surface area contributed by atoms with Crippen molar-refractivity contribution in [3.05, 3.63) is 89.9 Å². The van der Waals surface area contributed by atoms with E-state index in [4.69, 9.17) is 0 Å². The van der Waals surface area contributed by atoms with Gasteiger partial charge in [0.25, 0.3) is 0 Å². The predicted molar refractivity (Wildman–Crippen MR) is 127 cm³/mol. The van der Waals surface area contributed by atoms with E-state index in [0.29, 0.717) is 5.16 Å². The van der Waals surface area contributed by atoms with E-state index in [1.54, 1.807) is 12.4 Å². The Bertz CT molecular complexity index is 1420. The summed E-state index contributed by atoms with van der Waals surface area (Å²) in [5, 5.41) is 10.5. The highest BCUT2D eigenvalue weighted by atomic mass is 32.2. The molecule has 5 rings (SSSR count). The van der Waals surface area contributed by atoms with Gasteiger partial charge >= 0.3 is 0 Å². The molecule has 0 spiro atoms. The number of pyridine rings is 1. The lowest BCUT2D eigenvalue weighted by atomic mass is 10.1. The van der Waals surface area contributed by atoms with E-state index in [1.165, 1.54) is 11.8 Å². The van der Waals surface area contributed by atoms with Crippen molar-refractivity contribution in [3.63, 3.8) is 0 Å². The molecule has 0 unspecified atom stereocenters. The minimum absolute atomic E-state index is 0.0646. The third-order valence-electron chi connectivity index (χ3n) is 5.43. The normalized spacial score (nSPS) is 11.2. The molecule has 3 aromatic heterocycles. The second kappa shape index (κ2) is 8.43. The lowest BCUT2D eigenvalue weighted by molar-refractivity contribution is 0.102. The fourth-order valence-electron chi connectivity index (χ4n) is 3.92. The Morgan fingerprint density at radius 3 is 2.53 bits per heavy atom. The summed E-state index contributed by atoms with van der Waals surface area (Å²) in [4.78, 5) is 20.6. The number of carbonyl (C=O) groups excluding carboxylic acids is 1. The molecule has 3 heterocycles. The van der Waals surface area contributed by atoms with Gasteiger partial charge in [-0.3, -0.25) is 14.3 Å². The number of H-pyrrole nitrogens is 1. The van der Waals surface area contributed by atoms with Crippen LogP contribution in [0.4, 0.5) is 0 Å². The minimum atomic E-state index is 0.0646. The second-order valence-corrected chi connectivity index (χ2v) is 8.49. The lowest BCUT2D eigenvalue weighted by Gasteiger charge is -2.12. The molecule has 0 aliphatic rings. The Hall–Kier alpha value is -3.71. The Kier molecular flexibility index (Phi) is 5.33. The molecule has 158 valence electrons. The molecule has 0 fully saturated rings. The van der Waals surface area contributed by atoms with Gasteiger partial charge in [-0.15, -0.1) is 10.2 Å². The number of aryl methyl sites for hydroxylation is 2. The fourth-order valence-corrected chi connectivity index (χ4v) is 4.74. The van der Waals surface area contributed by atoms with Gasteiger partial charge in [-0.05, 0) is 43.7 Å². The fraction of sp³-hybridized carbons (Fsp3) is 0.120. The Morgan fingerprint density at radius 2 is 1.72 bits per heavy atom. The van der Waals surface area contributed by atoms with Gasteiger partial charge < -0.3 is 4.98 Å². The summed E-state index contributed by atoms with van der Waals surface area (Å²) in [6.07, 6.45) is 3.48. The quantitative estimate of drug-likeness (QED) is 0.283. The topological polar surface area (TPSA) is 76.5 Å². The van der Waals surface area contributed by atoms with Crippen molar-refractivity contribution in [3.8, 4) is 17.1 Å². The van der Waals surface area contributed by atoms with Crippen LogP contribution in [-0.2, 0) is 0 Å². The highest BCUT2D eigenvalue weighted by Crippen LogP contribution is 2.30. The van der Waals surface area contributed by atoms with Crippen molar-refractivity contribution in [2.75, 3.05) is 5.75 Å². The van der Waals surface area contributed by atoms with Crippen molar-refractivity contribution in [1.29, 1.82) is 0 Å². The first kappa shape index (κ1) is 20.2. The number of hydrogen-bond donors (Lipinski definition) is 1. The number of hydrogen-bond acceptors (Lipinski definition) is 5. The molecule has 0 aliphatic heterocycles. The number of aromatic nitrogens is 5. The molecule has 0 bridgehead atoms. The van der Waals surface area contributed by atoms with Gasteiger partial charge in [-0.25, -0.2) is 0 Å². The lowest BCUT2D eigenvalue weighted by Crippen LogP contribution is -2.06. The largest absolute Gasteiger partial charge is 0.358 e. The van der Waals surface area contributed by atoms with Gasteiger partial charge in [0.05, 0.1) is 11.4 Å². The Labute approximate surface area is 189 Å². The van der Waals surface area contributed by atoms with Gasteiger partial charge in [-0.2, -0.15) is 0 Å². The molecule has 7 heteroatoms. The molecule has 0 amide bonds. The molecule has 5 aromatic rings. The average molecular weight is 440 g/mol. The first-order valence-electron chi connectivity index (χ1n) is 10.3. The van der Waals surface area contributed by atoms with E-state index in [0.717, 1.165) is 44.8 Å². The van der Waals surface area contributed by atoms with Crippen molar-refractivity contribution >= 4 is 28.4 Å². The number of thioether (sulfide) groups is 1. The zero-order valence-corrected chi connectivity index (χ0v) is 18.6. The summed E-state index contributed by atoms with van der Waals surface area (Å²) in [5.74, 6) is 1.05. The molecule has 0 saturated heterocycles. The van der Waals surface area contributed by atoms with Crippen LogP contribution in [0.3, 0.4) is 0 Å². The number of benzene rings is 2. The number of carbonyl (C=O) groups is 1. The summed E-state index contributed by atoms with van der Waals surface area (Å²) in [5.41, 5.74) is 5.60. The van der Waals surface area contributed by atoms with Crippen LogP contribution >= 0.6 is 11.8 Å². The molecule has 0 saturated carbocycles. The molecule has 1 N–H and O–H groups in total. The van der Waals surface area contributed by atoms with E-state index in [9.17, 15) is 4.79 Å². The van der Waals surface area contributed by atoms with Crippen molar-refractivity contribution in [1.82, 2.24) is 24.7 Å². The smallest absolute Gasteiger partial charge is 0.196 e. The van der Waals surface area contributed by atoms with Crippen LogP contribution in [0.2, 0.25) is 0 Å². The third-order valence-corrected chi connectivity index (χ3v) is 6.36. The van der Waals surface area contributed by atoms with Gasteiger partial charge in [0.15, 0.2) is 16.8 Å². The van der Waals surface area contributed by atoms with Crippen molar-refractivity contribution in [2.24, 2.45) is 0 Å². The Morgan fingerprint density at radius 1 is 0.969 bits per heavy atom. The molecule has 6 nitrogen and oxygen atoms in total. The van der Waals surface area contributed by atoms with Crippen molar-refractivity contribution in [2.45, 2.75) is 19.0 Å². The molecule has 2 aromatic carbocycles. The number of Topliss-reactive ketones (excluding diaryl/α,β-unsaturated/α-hetero) is 1. The number of nitrogens with zero attached hydrogens (tertiary/aromatic N) is 4. The maximum Gasteiger partial charge on any atom is 0.196 e. The average Bonchev–Trinajstić information content (AvgIpc) is 3.38. The van der Waals surface area contributed by atoms with Crippen LogP contribution in [0.1, 0.15) is 21.6 Å². The van der Waals surface area contributed by atoms with Crippen LogP contribution in [0.15, 0.2) is 78.2 Å². The van der Waals surface area contributed by atoms with Gasteiger partial charge in [0.1, 0.15) is 0 Å². The standard InChI is InChI=1S/C25H21N5OS/c1-16-7-3-6-10-21(16)30-24(18-11-13-26-14-12-18)28-29-25(30)32-15-22(31)23-17(2)27-20-9-5-4-8-19(20)23/h3-14,27H,15H2,1-2H3. The highest BCUT2D eigenvalue weighted by Gasteiger charge is 2.21. The predicted octanol–water partition coefficient (Wildman–Crippen LogP) is 5.40. The molecule has 32 heavy (non-hydrogen) atoms. The summed E-state index contributed by atoms with van der Waals surface area (Å²) in [7, 11) is 0. The molecular formula is C25H21N5OS. The van der Waals surface area contributed by atoms with Crippen LogP contribution in [0.25, 0.3) is 28.0 Å². The number of rotatable bonds is 6. The molecule has 0 radical (unpaired) electrons. The SMILES string of the molecule is Cc1ccccc1-n1c(SCC(=O)c2c(C)[nH]c3ccccc23)nnc1-c1ccncc1. The number of nitrogens with one attached hydrogen (secondary N) is 1. The summed E-state index contributed by atoms with van der Waals surface area (Å²) in [6.45, 7) is 4.00. The van der Waals surface area contributed by atoms with Crippen LogP contribution in [0, 0.1) is 13.8 Å². The summed E-state index contributed by atoms with van der Waals surface area (Å²) < 4.78 is 2.02. The van der Waals surface area contributed by atoms with E-state index in [1.807, 2.05) is 66.1 Å². The number of fused-ring (bicyclic) bond motifs is 1. The van der Waals surface area contributed by atoms with E-state index in [-0.39, 0.29) is 11.5 Å². The summed E-state index contributed by atoms with van der Waals surface area (Å²) in [6, 6.07) is 19.8. The number of para-hydroxylation sites is 2. The zero-order valence-electron chi connectivity index (χ0n) is 17.7. The van der Waals surface area contributed by atoms with Gasteiger partial charge in [0.2, 0.25) is 0 Å². The van der Waals surface area contributed by atoms with Crippen LogP contribution < -0.4 is 0 Å². The Balaban J connectivity index is 1.52. The first-order chi connectivity index (χ1) is 15.6. The highest BCUT2D eigenvalue weighted by molar-refractivity contribution is 7.99. The maximum atomic E-state index is 13.2. The number of ketones is 1.